The van der Waals surface area contributed by atoms with Crippen LogP contribution in [0.25, 0.3) is 0 Å². The minimum atomic E-state index is -3.98. The lowest BCUT2D eigenvalue weighted by Gasteiger charge is -2.52. The van der Waals surface area contributed by atoms with Gasteiger partial charge in [-0.3, -0.25) is 14.6 Å². The summed E-state index contributed by atoms with van der Waals surface area (Å²) < 4.78 is 48.5. The standard InChI is InChI=1S/C42H55ClN6O6S/c1-28-7-5-16-42(53-4,26-48-19-17-47(18-20-48)24-39-44-30(3)45-55-39)36-12-9-33(36)23-49-25-41(15-6-8-31-21-34(43)11-13-35(31)41)27-54-38-14-10-32(22-37(38)49)40(50)46-56(51,52)29(28)2/h5,10-11,13-14,16,21-22,28-29,33,36H,6-9,12,15,17-20,23-27H2,1-4H3,(H,46,50)/b16-5+/t28-,29+,33-,36+,41-,42+/m0/s1. The van der Waals surface area contributed by atoms with Gasteiger partial charge in [-0.05, 0) is 112 Å². The lowest BCUT2D eigenvalue weighted by Crippen LogP contribution is -2.59. The van der Waals surface area contributed by atoms with Crippen LogP contribution in [-0.4, -0.2) is 105 Å². The van der Waals surface area contributed by atoms with Crippen LogP contribution in [0, 0.1) is 24.7 Å². The monoisotopic (exact) mass is 806 g/mol. The van der Waals surface area contributed by atoms with Gasteiger partial charge < -0.3 is 18.9 Å². The van der Waals surface area contributed by atoms with E-state index in [9.17, 15) is 13.2 Å². The van der Waals surface area contributed by atoms with Gasteiger partial charge in [-0.15, -0.1) is 0 Å². The Morgan fingerprint density at radius 1 is 1.07 bits per heavy atom. The zero-order chi connectivity index (χ0) is 39.2. The van der Waals surface area contributed by atoms with Crippen LogP contribution >= 0.6 is 11.6 Å². The second kappa shape index (κ2) is 15.7. The fraction of sp³-hybridized carbons (Fsp3) is 0.595. The number of fused-ring (bicyclic) bond motifs is 4. The first kappa shape index (κ1) is 39.3. The maximum absolute atomic E-state index is 13.7. The molecule has 0 radical (unpaired) electrons. The van der Waals surface area contributed by atoms with E-state index >= 15 is 0 Å². The van der Waals surface area contributed by atoms with E-state index in [4.69, 9.17) is 25.6 Å². The van der Waals surface area contributed by atoms with Crippen molar-refractivity contribution in [1.29, 1.82) is 0 Å². The molecule has 3 aliphatic heterocycles. The fourth-order valence-electron chi connectivity index (χ4n) is 9.86. The van der Waals surface area contributed by atoms with Crippen molar-refractivity contribution >= 4 is 33.2 Å². The molecule has 12 nitrogen and oxygen atoms in total. The van der Waals surface area contributed by atoms with E-state index in [1.54, 1.807) is 13.0 Å². The van der Waals surface area contributed by atoms with E-state index in [2.05, 4.69) is 53.8 Å². The molecule has 14 heteroatoms. The summed E-state index contributed by atoms with van der Waals surface area (Å²) in [7, 11) is -2.15. The number of sulfonamides is 1. The van der Waals surface area contributed by atoms with E-state index < -0.39 is 26.8 Å². The molecule has 0 unspecified atom stereocenters. The van der Waals surface area contributed by atoms with Crippen LogP contribution in [0.2, 0.25) is 5.02 Å². The number of aromatic nitrogens is 2. The third kappa shape index (κ3) is 7.74. The molecule has 56 heavy (non-hydrogen) atoms. The number of carbonyl (C=O) groups is 1. The highest BCUT2D eigenvalue weighted by Crippen LogP contribution is 2.49. The summed E-state index contributed by atoms with van der Waals surface area (Å²) in [5, 5.41) is 3.90. The summed E-state index contributed by atoms with van der Waals surface area (Å²) in [6, 6.07) is 11.6. The SMILES string of the molecule is CO[C@@]1(CN2CCN(Cc3nc(C)no3)CC2)/C=C/C[C@H](C)[C@@H](C)S(=O)(=O)NC(=O)c2ccc3c(c2)N(C[C@@H]2CC[C@H]21)C[C@@]1(CCCc2cc(Cl)ccc21)CO3. The number of benzene rings is 2. The number of methoxy groups -OCH3 is 1. The molecule has 6 atom stereocenters. The van der Waals surface area contributed by atoms with Gasteiger partial charge >= 0.3 is 0 Å². The van der Waals surface area contributed by atoms with Crippen LogP contribution in [0.3, 0.4) is 0 Å². The summed E-state index contributed by atoms with van der Waals surface area (Å²) >= 11 is 6.51. The van der Waals surface area contributed by atoms with Gasteiger partial charge in [0.15, 0.2) is 5.82 Å². The van der Waals surface area contributed by atoms with E-state index in [1.807, 2.05) is 39.2 Å². The van der Waals surface area contributed by atoms with Crippen molar-refractivity contribution in [2.24, 2.45) is 17.8 Å². The normalized spacial score (nSPS) is 31.7. The maximum atomic E-state index is 13.7. The zero-order valence-electron chi connectivity index (χ0n) is 33.0. The summed E-state index contributed by atoms with van der Waals surface area (Å²) in [6.07, 6.45) is 9.92. The van der Waals surface area contributed by atoms with Gasteiger partial charge in [0.1, 0.15) is 11.4 Å². The number of hydrogen-bond donors (Lipinski definition) is 1. The molecule has 5 aliphatic rings. The number of anilines is 1. The average molecular weight is 807 g/mol. The predicted octanol–water partition coefficient (Wildman–Crippen LogP) is 5.78. The average Bonchev–Trinajstić information content (AvgIpc) is 3.51. The number of allylic oxidation sites excluding steroid dienone is 1. The summed E-state index contributed by atoms with van der Waals surface area (Å²) in [6.45, 7) is 12.3. The number of ether oxygens (including phenoxy) is 2. The van der Waals surface area contributed by atoms with Gasteiger partial charge in [0, 0.05) is 68.9 Å². The second-order valence-electron chi connectivity index (χ2n) is 17.0. The number of aryl methyl sites for hydroxylation is 2. The Morgan fingerprint density at radius 2 is 1.88 bits per heavy atom. The second-order valence-corrected chi connectivity index (χ2v) is 19.4. The lowest BCUT2D eigenvalue weighted by molar-refractivity contribution is -0.0958. The number of amides is 1. The number of hydrogen-bond acceptors (Lipinski definition) is 11. The smallest absolute Gasteiger partial charge is 0.264 e. The van der Waals surface area contributed by atoms with E-state index in [0.717, 1.165) is 82.1 Å². The molecular formula is C42H55ClN6O6S. The highest BCUT2D eigenvalue weighted by atomic mass is 35.5. The number of nitrogens with one attached hydrogen (secondary N) is 1. The van der Waals surface area contributed by atoms with Crippen LogP contribution in [0.5, 0.6) is 5.75 Å². The van der Waals surface area contributed by atoms with Crippen LogP contribution in [0.15, 0.2) is 53.1 Å². The van der Waals surface area contributed by atoms with E-state index in [1.165, 1.54) is 11.1 Å². The molecule has 4 heterocycles. The van der Waals surface area contributed by atoms with Gasteiger partial charge in [-0.2, -0.15) is 4.98 Å². The van der Waals surface area contributed by atoms with Gasteiger partial charge in [0.05, 0.1) is 24.1 Å². The van der Waals surface area contributed by atoms with E-state index in [0.29, 0.717) is 55.1 Å². The summed E-state index contributed by atoms with van der Waals surface area (Å²) in [5.41, 5.74) is 2.78. The minimum Gasteiger partial charge on any atom is -0.490 e. The van der Waals surface area contributed by atoms with Crippen molar-refractivity contribution in [3.05, 3.63) is 82.0 Å². The summed E-state index contributed by atoms with van der Waals surface area (Å²) in [5.74, 6) is 1.65. The molecule has 2 bridgehead atoms. The number of carbonyl (C=O) groups excluding carboxylic acids is 1. The molecule has 1 spiro atoms. The molecule has 2 fully saturated rings. The van der Waals surface area contributed by atoms with Crippen LogP contribution in [0.4, 0.5) is 5.69 Å². The van der Waals surface area contributed by atoms with E-state index in [-0.39, 0.29) is 17.3 Å². The van der Waals surface area contributed by atoms with Gasteiger partial charge in [-0.1, -0.05) is 41.9 Å². The van der Waals surface area contributed by atoms with Crippen molar-refractivity contribution in [1.82, 2.24) is 24.7 Å². The highest BCUT2D eigenvalue weighted by Gasteiger charge is 2.50. The number of rotatable bonds is 5. The largest absolute Gasteiger partial charge is 0.490 e. The Bertz CT molecular complexity index is 2070. The van der Waals surface area contributed by atoms with Crippen molar-refractivity contribution in [3.63, 3.8) is 0 Å². The van der Waals surface area contributed by atoms with Crippen molar-refractivity contribution < 1.29 is 27.2 Å². The fourth-order valence-corrected chi connectivity index (χ4v) is 11.3. The van der Waals surface area contributed by atoms with Gasteiger partial charge in [0.25, 0.3) is 5.91 Å². The Labute approximate surface area is 336 Å². The Hall–Kier alpha value is -3.49. The molecular weight excluding hydrogens is 752 g/mol. The molecule has 8 rings (SSSR count). The first-order valence-corrected chi connectivity index (χ1v) is 22.1. The molecule has 1 saturated heterocycles. The van der Waals surface area contributed by atoms with Crippen molar-refractivity contribution in [2.75, 3.05) is 64.4 Å². The van der Waals surface area contributed by atoms with Crippen LogP contribution in [-0.2, 0) is 33.1 Å². The quantitative estimate of drug-likeness (QED) is 0.315. The van der Waals surface area contributed by atoms with Gasteiger partial charge in [0.2, 0.25) is 15.9 Å². The molecule has 2 aliphatic carbocycles. The first-order valence-electron chi connectivity index (χ1n) is 20.2. The topological polar surface area (TPSA) is 130 Å². The Kier molecular flexibility index (Phi) is 11.0. The number of halogens is 1. The highest BCUT2D eigenvalue weighted by molar-refractivity contribution is 7.90. The molecule has 2 aromatic carbocycles. The minimum absolute atomic E-state index is 0.222. The molecule has 1 N–H and O–H groups in total. The van der Waals surface area contributed by atoms with Crippen LogP contribution < -0.4 is 14.4 Å². The lowest BCUT2D eigenvalue weighted by atomic mass is 9.63. The third-order valence-electron chi connectivity index (χ3n) is 13.5. The Balaban J connectivity index is 1.14. The Morgan fingerprint density at radius 3 is 2.61 bits per heavy atom. The maximum Gasteiger partial charge on any atom is 0.264 e. The predicted molar refractivity (Wildman–Crippen MR) is 216 cm³/mol. The number of piperazine rings is 1. The summed E-state index contributed by atoms with van der Waals surface area (Å²) in [4.78, 5) is 25.4. The molecule has 1 amide bonds. The molecule has 302 valence electrons. The van der Waals surface area contributed by atoms with Crippen molar-refractivity contribution in [3.8, 4) is 5.75 Å². The van der Waals surface area contributed by atoms with Crippen LogP contribution in [0.1, 0.15) is 79.2 Å². The molecule has 3 aromatic rings. The third-order valence-corrected chi connectivity index (χ3v) is 15.6. The first-order chi connectivity index (χ1) is 26.9. The molecule has 1 saturated carbocycles. The van der Waals surface area contributed by atoms with Gasteiger partial charge in [-0.25, -0.2) is 13.1 Å². The number of nitrogens with zero attached hydrogens (tertiary/aromatic N) is 5. The van der Waals surface area contributed by atoms with Crippen molar-refractivity contribution in [2.45, 2.75) is 82.1 Å². The molecule has 1 aromatic heterocycles. The zero-order valence-corrected chi connectivity index (χ0v) is 34.6.